The average Bonchev–Trinajstić information content (AvgIpc) is 2.42. The highest BCUT2D eigenvalue weighted by Gasteiger charge is 2.11. The standard InChI is InChI=1S/C15H14N2O3/c16-12-6-8-13(9-7-12)17-15(19)20-14(18)10-11-4-2-1-3-5-11/h1-9H,10,16H2,(H,17,19). The highest BCUT2D eigenvalue weighted by atomic mass is 16.6. The Labute approximate surface area is 116 Å². The van der Waals surface area contributed by atoms with Gasteiger partial charge in [0.15, 0.2) is 0 Å². The maximum absolute atomic E-state index is 11.6. The molecule has 0 aliphatic heterocycles. The second-order valence-corrected chi connectivity index (χ2v) is 4.17. The second-order valence-electron chi connectivity index (χ2n) is 4.17. The van der Waals surface area contributed by atoms with Gasteiger partial charge in [0, 0.05) is 11.4 Å². The number of anilines is 2. The number of carbonyl (C=O) groups excluding carboxylic acids is 2. The van der Waals surface area contributed by atoms with Crippen LogP contribution in [0.15, 0.2) is 54.6 Å². The smallest absolute Gasteiger partial charge is 0.399 e. The average molecular weight is 270 g/mol. The molecule has 0 saturated carbocycles. The Morgan fingerprint density at radius 1 is 1.00 bits per heavy atom. The number of nitrogens with two attached hydrogens (primary N) is 1. The second kappa shape index (κ2) is 6.38. The van der Waals surface area contributed by atoms with Crippen LogP contribution in [-0.2, 0) is 16.0 Å². The SMILES string of the molecule is Nc1ccc(NC(=O)OC(=O)Cc2ccccc2)cc1. The molecule has 2 rings (SSSR count). The van der Waals surface area contributed by atoms with Crippen LogP contribution >= 0.6 is 0 Å². The van der Waals surface area contributed by atoms with E-state index < -0.39 is 12.1 Å². The Morgan fingerprint density at radius 2 is 1.65 bits per heavy atom. The summed E-state index contributed by atoms with van der Waals surface area (Å²) in [5.41, 5.74) is 7.41. The first-order valence-electron chi connectivity index (χ1n) is 6.04. The van der Waals surface area contributed by atoms with Gasteiger partial charge < -0.3 is 10.5 Å². The van der Waals surface area contributed by atoms with Crippen molar-refractivity contribution in [1.82, 2.24) is 0 Å². The Morgan fingerprint density at radius 3 is 2.30 bits per heavy atom. The van der Waals surface area contributed by atoms with E-state index in [1.807, 2.05) is 18.2 Å². The molecular formula is C15H14N2O3. The van der Waals surface area contributed by atoms with Crippen molar-refractivity contribution in [2.75, 3.05) is 11.1 Å². The molecule has 5 nitrogen and oxygen atoms in total. The minimum Gasteiger partial charge on any atom is -0.399 e. The Bertz CT molecular complexity index is 594. The number of benzene rings is 2. The van der Waals surface area contributed by atoms with Gasteiger partial charge in [0.2, 0.25) is 0 Å². The molecule has 102 valence electrons. The molecule has 1 amide bonds. The van der Waals surface area contributed by atoms with Crippen LogP contribution in [0, 0.1) is 0 Å². The summed E-state index contributed by atoms with van der Waals surface area (Å²) < 4.78 is 4.67. The van der Waals surface area contributed by atoms with E-state index in [0.717, 1.165) is 5.56 Å². The van der Waals surface area contributed by atoms with Crippen LogP contribution in [0.25, 0.3) is 0 Å². The summed E-state index contributed by atoms with van der Waals surface area (Å²) in [5, 5.41) is 2.45. The van der Waals surface area contributed by atoms with Gasteiger partial charge in [-0.2, -0.15) is 0 Å². The summed E-state index contributed by atoms with van der Waals surface area (Å²) in [4.78, 5) is 23.1. The summed E-state index contributed by atoms with van der Waals surface area (Å²) in [6, 6.07) is 15.6. The van der Waals surface area contributed by atoms with Crippen molar-refractivity contribution in [3.05, 3.63) is 60.2 Å². The molecule has 20 heavy (non-hydrogen) atoms. The van der Waals surface area contributed by atoms with E-state index in [9.17, 15) is 9.59 Å². The van der Waals surface area contributed by atoms with Crippen LogP contribution in [0.1, 0.15) is 5.56 Å². The monoisotopic (exact) mass is 270 g/mol. The van der Waals surface area contributed by atoms with E-state index in [1.165, 1.54) is 0 Å². The first kappa shape index (κ1) is 13.6. The fourth-order valence-corrected chi connectivity index (χ4v) is 1.61. The van der Waals surface area contributed by atoms with Gasteiger partial charge in [-0.05, 0) is 29.8 Å². The zero-order valence-corrected chi connectivity index (χ0v) is 10.7. The molecule has 5 heteroatoms. The number of carbonyl (C=O) groups is 2. The number of hydrogen-bond acceptors (Lipinski definition) is 4. The van der Waals surface area contributed by atoms with E-state index in [2.05, 4.69) is 10.1 Å². The van der Waals surface area contributed by atoms with Crippen LogP contribution in [0.5, 0.6) is 0 Å². The Kier molecular flexibility index (Phi) is 4.34. The van der Waals surface area contributed by atoms with Crippen LogP contribution < -0.4 is 11.1 Å². The third kappa shape index (κ3) is 4.13. The highest BCUT2D eigenvalue weighted by molar-refractivity contribution is 5.93. The van der Waals surface area contributed by atoms with Gasteiger partial charge in [-0.3, -0.25) is 10.1 Å². The number of hydrogen-bond donors (Lipinski definition) is 2. The molecule has 0 atom stereocenters. The highest BCUT2D eigenvalue weighted by Crippen LogP contribution is 2.11. The summed E-state index contributed by atoms with van der Waals surface area (Å²) in [7, 11) is 0. The van der Waals surface area contributed by atoms with Gasteiger partial charge in [-0.15, -0.1) is 0 Å². The molecular weight excluding hydrogens is 256 g/mol. The van der Waals surface area contributed by atoms with Crippen LogP contribution in [0.4, 0.5) is 16.2 Å². The number of esters is 1. The van der Waals surface area contributed by atoms with Gasteiger partial charge >= 0.3 is 12.1 Å². The lowest BCUT2D eigenvalue weighted by Gasteiger charge is -2.06. The predicted molar refractivity (Wildman–Crippen MR) is 76.1 cm³/mol. The van der Waals surface area contributed by atoms with Crippen LogP contribution in [-0.4, -0.2) is 12.1 Å². The van der Waals surface area contributed by atoms with Crippen LogP contribution in [0.3, 0.4) is 0 Å². The third-order valence-electron chi connectivity index (χ3n) is 2.55. The molecule has 0 spiro atoms. The van der Waals surface area contributed by atoms with Crippen molar-refractivity contribution < 1.29 is 14.3 Å². The van der Waals surface area contributed by atoms with Gasteiger partial charge in [0.25, 0.3) is 0 Å². The van der Waals surface area contributed by atoms with Crippen molar-refractivity contribution >= 4 is 23.4 Å². The van der Waals surface area contributed by atoms with Crippen molar-refractivity contribution in [2.24, 2.45) is 0 Å². The van der Waals surface area contributed by atoms with Gasteiger partial charge in [-0.25, -0.2) is 4.79 Å². The molecule has 0 saturated heterocycles. The molecule has 0 aliphatic rings. The van der Waals surface area contributed by atoms with Crippen molar-refractivity contribution in [1.29, 1.82) is 0 Å². The fourth-order valence-electron chi connectivity index (χ4n) is 1.61. The summed E-state index contributed by atoms with van der Waals surface area (Å²) in [5.74, 6) is -0.607. The quantitative estimate of drug-likeness (QED) is 0.510. The number of ether oxygens (including phenoxy) is 1. The largest absolute Gasteiger partial charge is 0.419 e. The first-order valence-corrected chi connectivity index (χ1v) is 6.04. The van der Waals surface area contributed by atoms with Gasteiger partial charge in [-0.1, -0.05) is 30.3 Å². The zero-order valence-electron chi connectivity index (χ0n) is 10.7. The number of rotatable bonds is 3. The maximum Gasteiger partial charge on any atom is 0.419 e. The number of amides is 1. The topological polar surface area (TPSA) is 81.4 Å². The van der Waals surface area contributed by atoms with E-state index in [0.29, 0.717) is 11.4 Å². The lowest BCUT2D eigenvalue weighted by molar-refractivity contribution is -0.136. The molecule has 3 N–H and O–H groups in total. The predicted octanol–water partition coefficient (Wildman–Crippen LogP) is 2.59. The molecule has 0 aliphatic carbocycles. The van der Waals surface area contributed by atoms with E-state index in [1.54, 1.807) is 36.4 Å². The van der Waals surface area contributed by atoms with Crippen LogP contribution in [0.2, 0.25) is 0 Å². The van der Waals surface area contributed by atoms with Gasteiger partial charge in [0.05, 0.1) is 6.42 Å². The Balaban J connectivity index is 1.85. The molecule has 0 bridgehead atoms. The normalized spacial score (nSPS) is 9.80. The first-order chi connectivity index (χ1) is 9.63. The fraction of sp³-hybridized carbons (Fsp3) is 0.0667. The third-order valence-corrected chi connectivity index (χ3v) is 2.55. The summed E-state index contributed by atoms with van der Waals surface area (Å²) in [6.07, 6.45) is -0.758. The van der Waals surface area contributed by atoms with E-state index in [-0.39, 0.29) is 6.42 Å². The van der Waals surface area contributed by atoms with Crippen molar-refractivity contribution in [2.45, 2.75) is 6.42 Å². The molecule has 0 fully saturated rings. The maximum atomic E-state index is 11.6. The lowest BCUT2D eigenvalue weighted by Crippen LogP contribution is -2.19. The van der Waals surface area contributed by atoms with E-state index >= 15 is 0 Å². The number of nitrogen functional groups attached to an aromatic ring is 1. The molecule has 2 aromatic rings. The summed E-state index contributed by atoms with van der Waals surface area (Å²) in [6.45, 7) is 0. The molecule has 2 aromatic carbocycles. The molecule has 0 heterocycles. The number of nitrogens with one attached hydrogen (secondary N) is 1. The minimum atomic E-state index is -0.810. The minimum absolute atomic E-state index is 0.0516. The van der Waals surface area contributed by atoms with Gasteiger partial charge in [0.1, 0.15) is 0 Å². The summed E-state index contributed by atoms with van der Waals surface area (Å²) >= 11 is 0. The zero-order chi connectivity index (χ0) is 14.4. The molecule has 0 aromatic heterocycles. The lowest BCUT2D eigenvalue weighted by atomic mass is 10.2. The van der Waals surface area contributed by atoms with E-state index in [4.69, 9.17) is 5.73 Å². The molecule has 0 radical (unpaired) electrons. The molecule has 0 unspecified atom stereocenters. The Hall–Kier alpha value is -2.82. The van der Waals surface area contributed by atoms with Crippen molar-refractivity contribution in [3.8, 4) is 0 Å². The van der Waals surface area contributed by atoms with Crippen molar-refractivity contribution in [3.63, 3.8) is 0 Å².